The fourth-order valence-corrected chi connectivity index (χ4v) is 2.94. The molecule has 1 saturated heterocycles. The third-order valence-corrected chi connectivity index (χ3v) is 4.49. The highest BCUT2D eigenvalue weighted by Gasteiger charge is 2.24. The fourth-order valence-electron chi connectivity index (χ4n) is 2.94. The standard InChI is InChI=1S/C18H26N4O3.2ClH/c1-25-16(23)3-2-10-21-18(24)14-8-11-22(12-9-14)15-6-4-13(5-7-15)17(19)20;;/h4-7,14H,2-3,8-12H2,1H3,(H3,19,20)(H,21,24);2*1H. The van der Waals surface area contributed by atoms with Crippen LogP contribution in [0.25, 0.3) is 0 Å². The number of nitrogen functional groups attached to an aromatic ring is 1. The van der Waals surface area contributed by atoms with E-state index < -0.39 is 0 Å². The Morgan fingerprint density at radius 1 is 1.22 bits per heavy atom. The van der Waals surface area contributed by atoms with Crippen LogP contribution in [-0.2, 0) is 14.3 Å². The van der Waals surface area contributed by atoms with Gasteiger partial charge in [0.05, 0.1) is 7.11 Å². The first-order valence-electron chi connectivity index (χ1n) is 8.55. The SMILES string of the molecule is COC(=O)CCCNC(=O)C1CCN(c2ccc(C(=N)N)cc2)CC1.Cl.Cl. The van der Waals surface area contributed by atoms with Gasteiger partial charge >= 0.3 is 5.97 Å². The van der Waals surface area contributed by atoms with Gasteiger partial charge in [0.15, 0.2) is 0 Å². The van der Waals surface area contributed by atoms with Crippen LogP contribution in [0.1, 0.15) is 31.2 Å². The van der Waals surface area contributed by atoms with Crippen LogP contribution in [0, 0.1) is 11.3 Å². The van der Waals surface area contributed by atoms with Crippen LogP contribution in [-0.4, -0.2) is 44.5 Å². The van der Waals surface area contributed by atoms with Crippen LogP contribution in [0.15, 0.2) is 24.3 Å². The molecule has 9 heteroatoms. The molecule has 152 valence electrons. The number of carbonyl (C=O) groups is 2. The van der Waals surface area contributed by atoms with Gasteiger partial charge < -0.3 is 20.7 Å². The van der Waals surface area contributed by atoms with E-state index in [-0.39, 0.29) is 48.4 Å². The number of benzene rings is 1. The first-order chi connectivity index (χ1) is 12.0. The monoisotopic (exact) mass is 418 g/mol. The summed E-state index contributed by atoms with van der Waals surface area (Å²) in [4.78, 5) is 25.5. The summed E-state index contributed by atoms with van der Waals surface area (Å²) in [6.07, 6.45) is 2.53. The maximum absolute atomic E-state index is 12.2. The van der Waals surface area contributed by atoms with Crippen molar-refractivity contribution in [3.8, 4) is 0 Å². The number of nitrogens with two attached hydrogens (primary N) is 1. The molecule has 2 rings (SSSR count). The van der Waals surface area contributed by atoms with E-state index in [0.29, 0.717) is 24.9 Å². The zero-order chi connectivity index (χ0) is 18.2. The van der Waals surface area contributed by atoms with Crippen LogP contribution in [0.5, 0.6) is 0 Å². The summed E-state index contributed by atoms with van der Waals surface area (Å²) in [6.45, 7) is 2.14. The molecular weight excluding hydrogens is 391 g/mol. The molecule has 27 heavy (non-hydrogen) atoms. The molecule has 1 heterocycles. The normalized spacial score (nSPS) is 13.7. The first kappa shape index (κ1) is 25.0. The number of carbonyl (C=O) groups excluding carboxylic acids is 2. The predicted octanol–water partition coefficient (Wildman–Crippen LogP) is 2.10. The largest absolute Gasteiger partial charge is 0.469 e. The van der Waals surface area contributed by atoms with Crippen molar-refractivity contribution < 1.29 is 14.3 Å². The van der Waals surface area contributed by atoms with Gasteiger partial charge in [0.25, 0.3) is 0 Å². The number of nitrogens with zero attached hydrogens (tertiary/aromatic N) is 1. The molecule has 0 unspecified atom stereocenters. The average molecular weight is 419 g/mol. The highest BCUT2D eigenvalue weighted by molar-refractivity contribution is 5.95. The minimum absolute atomic E-state index is 0. The topological polar surface area (TPSA) is 109 Å². The Hall–Kier alpha value is -1.99. The summed E-state index contributed by atoms with van der Waals surface area (Å²) in [5.41, 5.74) is 7.27. The highest BCUT2D eigenvalue weighted by atomic mass is 35.5. The van der Waals surface area contributed by atoms with Crippen molar-refractivity contribution in [3.05, 3.63) is 29.8 Å². The minimum Gasteiger partial charge on any atom is -0.469 e. The van der Waals surface area contributed by atoms with Crippen LogP contribution < -0.4 is 16.0 Å². The Morgan fingerprint density at radius 3 is 2.33 bits per heavy atom. The predicted molar refractivity (Wildman–Crippen MR) is 111 cm³/mol. The smallest absolute Gasteiger partial charge is 0.305 e. The summed E-state index contributed by atoms with van der Waals surface area (Å²) in [5, 5.41) is 10.3. The second-order valence-corrected chi connectivity index (χ2v) is 6.19. The van der Waals surface area contributed by atoms with Gasteiger partial charge in [-0.2, -0.15) is 0 Å². The number of esters is 1. The van der Waals surface area contributed by atoms with Crippen LogP contribution in [0.2, 0.25) is 0 Å². The number of hydrogen-bond donors (Lipinski definition) is 3. The number of halogens is 2. The zero-order valence-corrected chi connectivity index (χ0v) is 17.0. The second-order valence-electron chi connectivity index (χ2n) is 6.19. The zero-order valence-electron chi connectivity index (χ0n) is 15.4. The van der Waals surface area contributed by atoms with Crippen molar-refractivity contribution >= 4 is 48.2 Å². The highest BCUT2D eigenvalue weighted by Crippen LogP contribution is 2.23. The quantitative estimate of drug-likeness (QED) is 0.272. The van der Waals surface area contributed by atoms with E-state index in [4.69, 9.17) is 11.1 Å². The Balaban J connectivity index is 0.00000338. The van der Waals surface area contributed by atoms with E-state index in [9.17, 15) is 9.59 Å². The van der Waals surface area contributed by atoms with E-state index in [1.54, 1.807) is 0 Å². The van der Waals surface area contributed by atoms with Gasteiger partial charge in [0, 0.05) is 43.2 Å². The average Bonchev–Trinajstić information content (AvgIpc) is 2.65. The molecule has 0 saturated carbocycles. The van der Waals surface area contributed by atoms with Gasteiger partial charge in [-0.25, -0.2) is 0 Å². The van der Waals surface area contributed by atoms with Gasteiger partial charge in [-0.15, -0.1) is 24.8 Å². The summed E-state index contributed by atoms with van der Waals surface area (Å²) in [5.74, 6) is -0.102. The number of piperidine rings is 1. The molecule has 1 aliphatic rings. The van der Waals surface area contributed by atoms with Gasteiger partial charge in [-0.1, -0.05) is 0 Å². The number of hydrogen-bond acceptors (Lipinski definition) is 5. The van der Waals surface area contributed by atoms with E-state index >= 15 is 0 Å². The Labute approximate surface area is 172 Å². The van der Waals surface area contributed by atoms with Crippen molar-refractivity contribution in [2.45, 2.75) is 25.7 Å². The van der Waals surface area contributed by atoms with Crippen molar-refractivity contribution in [2.75, 3.05) is 31.6 Å². The third-order valence-electron chi connectivity index (χ3n) is 4.49. The molecule has 1 aromatic carbocycles. The Bertz CT molecular complexity index is 618. The summed E-state index contributed by atoms with van der Waals surface area (Å²) < 4.78 is 4.57. The molecule has 1 fully saturated rings. The molecule has 1 aliphatic heterocycles. The number of nitrogens with one attached hydrogen (secondary N) is 2. The molecule has 1 aromatic rings. The fraction of sp³-hybridized carbons (Fsp3) is 0.500. The summed E-state index contributed by atoms with van der Waals surface area (Å²) in [7, 11) is 1.36. The second kappa shape index (κ2) is 12.4. The molecule has 1 amide bonds. The lowest BCUT2D eigenvalue weighted by Crippen LogP contribution is -2.40. The molecule has 0 spiro atoms. The van der Waals surface area contributed by atoms with Gasteiger partial charge in [-0.3, -0.25) is 15.0 Å². The third kappa shape index (κ3) is 7.64. The van der Waals surface area contributed by atoms with Crippen molar-refractivity contribution in [2.24, 2.45) is 11.7 Å². The number of amides is 1. The summed E-state index contributed by atoms with van der Waals surface area (Å²) >= 11 is 0. The molecular formula is C18H28Cl2N4O3. The molecule has 0 bridgehead atoms. The molecule has 0 radical (unpaired) electrons. The molecule has 0 atom stereocenters. The maximum atomic E-state index is 12.2. The van der Waals surface area contributed by atoms with Crippen molar-refractivity contribution in [1.29, 1.82) is 5.41 Å². The molecule has 4 N–H and O–H groups in total. The van der Waals surface area contributed by atoms with Crippen LogP contribution >= 0.6 is 24.8 Å². The van der Waals surface area contributed by atoms with E-state index in [1.165, 1.54) is 7.11 Å². The number of rotatable bonds is 7. The molecule has 0 aliphatic carbocycles. The number of ether oxygens (including phenoxy) is 1. The maximum Gasteiger partial charge on any atom is 0.305 e. The van der Waals surface area contributed by atoms with E-state index in [1.807, 2.05) is 24.3 Å². The molecule has 0 aromatic heterocycles. The lowest BCUT2D eigenvalue weighted by atomic mass is 9.95. The van der Waals surface area contributed by atoms with Gasteiger partial charge in [-0.05, 0) is 43.5 Å². The van der Waals surface area contributed by atoms with E-state index in [2.05, 4.69) is 15.0 Å². The van der Waals surface area contributed by atoms with E-state index in [0.717, 1.165) is 31.6 Å². The molecule has 7 nitrogen and oxygen atoms in total. The summed E-state index contributed by atoms with van der Waals surface area (Å²) in [6, 6.07) is 7.61. The number of anilines is 1. The first-order valence-corrected chi connectivity index (χ1v) is 8.55. The number of amidine groups is 1. The lowest BCUT2D eigenvalue weighted by Gasteiger charge is -2.33. The lowest BCUT2D eigenvalue weighted by molar-refractivity contribution is -0.140. The van der Waals surface area contributed by atoms with Gasteiger partial charge in [0.1, 0.15) is 5.84 Å². The van der Waals surface area contributed by atoms with Crippen LogP contribution in [0.4, 0.5) is 5.69 Å². The van der Waals surface area contributed by atoms with Gasteiger partial charge in [0.2, 0.25) is 5.91 Å². The number of methoxy groups -OCH3 is 1. The minimum atomic E-state index is -0.252. The van der Waals surface area contributed by atoms with Crippen LogP contribution in [0.3, 0.4) is 0 Å². The van der Waals surface area contributed by atoms with Crippen molar-refractivity contribution in [3.63, 3.8) is 0 Å². The van der Waals surface area contributed by atoms with Crippen molar-refractivity contribution in [1.82, 2.24) is 5.32 Å². The Morgan fingerprint density at radius 2 is 1.81 bits per heavy atom. The Kier molecular flexibility index (Phi) is 11.5.